The average Bonchev–Trinajstić information content (AvgIpc) is 3.28. The smallest absolute Gasteiger partial charge is 0.335 e. The molecular weight excluding hydrogens is 588 g/mol. The lowest BCUT2D eigenvalue weighted by molar-refractivity contribution is -0.0618. The van der Waals surface area contributed by atoms with E-state index in [2.05, 4.69) is 9.97 Å². The molecule has 1 N–H and O–H groups in total. The van der Waals surface area contributed by atoms with Crippen LogP contribution < -0.4 is 15.0 Å². The summed E-state index contributed by atoms with van der Waals surface area (Å²) in [7, 11) is 1.46. The molecule has 0 radical (unpaired) electrons. The highest BCUT2D eigenvalue weighted by Crippen LogP contribution is 2.27. The first-order chi connectivity index (χ1) is 21.7. The molecule has 5 aromatic rings. The summed E-state index contributed by atoms with van der Waals surface area (Å²) in [6, 6.07) is 14.3. The summed E-state index contributed by atoms with van der Waals surface area (Å²) in [5, 5.41) is 18.8. The number of methoxy groups -OCH3 is 1. The number of nitriles is 1. The summed E-state index contributed by atoms with van der Waals surface area (Å²) in [6.07, 6.45) is 1.90. The van der Waals surface area contributed by atoms with E-state index >= 15 is 8.78 Å². The maximum atomic E-state index is 15.5. The zero-order chi connectivity index (χ0) is 31.7. The van der Waals surface area contributed by atoms with Gasteiger partial charge in [0.15, 0.2) is 0 Å². The molecule has 1 saturated heterocycles. The number of carboxylic acid groups (broad SMARTS) is 1. The van der Waals surface area contributed by atoms with Gasteiger partial charge >= 0.3 is 12.0 Å². The highest BCUT2D eigenvalue weighted by Gasteiger charge is 2.24. The SMILES string of the molecule is COc1cc(C#N)ccc1COc1nccc(-c2cc(F)c(Cn3c(=O)c4ccc(C(=O)O)cc4n3C[C@@H]3CCO3)cc2F)n1. The summed E-state index contributed by atoms with van der Waals surface area (Å²) in [5.74, 6) is -2.27. The van der Waals surface area contributed by atoms with Crippen molar-refractivity contribution in [1.82, 2.24) is 19.3 Å². The molecular formula is C32H25F2N5O6. The third kappa shape index (κ3) is 5.83. The number of ether oxygens (including phenoxy) is 3. The Labute approximate surface area is 254 Å². The fraction of sp³-hybridized carbons (Fsp3) is 0.219. The number of hydrogen-bond donors (Lipinski definition) is 1. The van der Waals surface area contributed by atoms with Crippen LogP contribution in [0, 0.1) is 23.0 Å². The zero-order valence-electron chi connectivity index (χ0n) is 23.9. The van der Waals surface area contributed by atoms with E-state index in [4.69, 9.17) is 19.5 Å². The standard InChI is InChI=1S/C32H25F2N5O6/c1-43-29-10-18(14-35)2-3-20(29)17-45-32-36-8-6-27(37-32)24-13-25(33)21(11-26(24)34)15-39-30(40)23-5-4-19(31(41)42)12-28(23)38(39)16-22-7-9-44-22/h2-6,8,10-13,22H,7,9,15-17H2,1H3,(H,41,42)/t22-/m0/s1. The summed E-state index contributed by atoms with van der Waals surface area (Å²) in [4.78, 5) is 33.2. The van der Waals surface area contributed by atoms with Crippen molar-refractivity contribution in [3.8, 4) is 29.1 Å². The van der Waals surface area contributed by atoms with Gasteiger partial charge in [0.05, 0.1) is 60.1 Å². The summed E-state index contributed by atoms with van der Waals surface area (Å²) in [5.41, 5.74) is 0.776. The Kier molecular flexibility index (Phi) is 7.97. The normalized spacial score (nSPS) is 14.1. The molecule has 3 aromatic carbocycles. The second kappa shape index (κ2) is 12.2. The second-order valence-electron chi connectivity index (χ2n) is 10.3. The number of halogens is 2. The predicted molar refractivity (Wildman–Crippen MR) is 156 cm³/mol. The average molecular weight is 614 g/mol. The van der Waals surface area contributed by atoms with Gasteiger partial charge in [-0.1, -0.05) is 6.07 Å². The van der Waals surface area contributed by atoms with Crippen LogP contribution in [0.2, 0.25) is 0 Å². The monoisotopic (exact) mass is 613 g/mol. The molecule has 1 fully saturated rings. The molecule has 3 heterocycles. The van der Waals surface area contributed by atoms with E-state index in [0.717, 1.165) is 18.6 Å². The van der Waals surface area contributed by atoms with Gasteiger partial charge in [0.1, 0.15) is 24.0 Å². The Morgan fingerprint density at radius 1 is 1.11 bits per heavy atom. The highest BCUT2D eigenvalue weighted by molar-refractivity contribution is 5.93. The molecule has 11 nitrogen and oxygen atoms in total. The van der Waals surface area contributed by atoms with Crippen molar-refractivity contribution in [2.75, 3.05) is 13.7 Å². The number of fused-ring (bicyclic) bond motifs is 1. The third-order valence-corrected chi connectivity index (χ3v) is 7.59. The molecule has 45 heavy (non-hydrogen) atoms. The summed E-state index contributed by atoms with van der Waals surface area (Å²) < 4.78 is 50.4. The second-order valence-corrected chi connectivity index (χ2v) is 10.3. The first-order valence-corrected chi connectivity index (χ1v) is 13.8. The van der Waals surface area contributed by atoms with Crippen molar-refractivity contribution < 1.29 is 32.9 Å². The van der Waals surface area contributed by atoms with Gasteiger partial charge in [-0.05, 0) is 55.0 Å². The fourth-order valence-electron chi connectivity index (χ4n) is 5.12. The minimum Gasteiger partial charge on any atom is -0.496 e. The molecule has 0 saturated carbocycles. The van der Waals surface area contributed by atoms with Crippen LogP contribution in [0.4, 0.5) is 8.78 Å². The molecule has 2 aromatic heterocycles. The van der Waals surface area contributed by atoms with Crippen LogP contribution in [0.1, 0.15) is 33.5 Å². The number of benzene rings is 3. The molecule has 0 unspecified atom stereocenters. The van der Waals surface area contributed by atoms with Crippen molar-refractivity contribution in [2.24, 2.45) is 0 Å². The topological polar surface area (TPSA) is 141 Å². The quantitative estimate of drug-likeness (QED) is 0.240. The van der Waals surface area contributed by atoms with E-state index < -0.39 is 23.2 Å². The number of aromatic carboxylic acids is 1. The maximum absolute atomic E-state index is 15.5. The van der Waals surface area contributed by atoms with Crippen LogP contribution in [-0.2, 0) is 24.4 Å². The first-order valence-electron chi connectivity index (χ1n) is 13.8. The van der Waals surface area contributed by atoms with Crippen molar-refractivity contribution in [1.29, 1.82) is 5.26 Å². The van der Waals surface area contributed by atoms with E-state index in [1.807, 2.05) is 6.07 Å². The Hall–Kier alpha value is -5.61. The molecule has 1 aliphatic heterocycles. The maximum Gasteiger partial charge on any atom is 0.335 e. The number of carbonyl (C=O) groups is 1. The van der Waals surface area contributed by atoms with Crippen LogP contribution in [0.15, 0.2) is 65.6 Å². The van der Waals surface area contributed by atoms with Crippen LogP contribution in [-0.4, -0.2) is 50.2 Å². The zero-order valence-corrected chi connectivity index (χ0v) is 23.9. The molecule has 228 valence electrons. The number of nitrogens with zero attached hydrogens (tertiary/aromatic N) is 5. The number of hydrogen-bond acceptors (Lipinski definition) is 8. The van der Waals surface area contributed by atoms with Gasteiger partial charge in [0, 0.05) is 29.5 Å². The lowest BCUT2D eigenvalue weighted by atomic mass is 10.1. The highest BCUT2D eigenvalue weighted by atomic mass is 19.1. The first kappa shape index (κ1) is 29.5. The van der Waals surface area contributed by atoms with Crippen molar-refractivity contribution in [3.05, 3.63) is 105 Å². The fourth-order valence-corrected chi connectivity index (χ4v) is 5.12. The van der Waals surface area contributed by atoms with E-state index in [0.29, 0.717) is 29.0 Å². The predicted octanol–water partition coefficient (Wildman–Crippen LogP) is 4.53. The summed E-state index contributed by atoms with van der Waals surface area (Å²) in [6.45, 7) is 0.490. The van der Waals surface area contributed by atoms with E-state index in [9.17, 15) is 14.7 Å². The molecule has 1 atom stereocenters. The minimum absolute atomic E-state index is 0.00325. The number of rotatable bonds is 10. The molecule has 0 amide bonds. The van der Waals surface area contributed by atoms with Crippen molar-refractivity contribution in [2.45, 2.75) is 32.2 Å². The van der Waals surface area contributed by atoms with E-state index in [1.54, 1.807) is 22.9 Å². The van der Waals surface area contributed by atoms with Gasteiger partial charge < -0.3 is 19.3 Å². The minimum atomic E-state index is -1.15. The Bertz CT molecular complexity index is 2050. The van der Waals surface area contributed by atoms with Crippen LogP contribution in [0.3, 0.4) is 0 Å². The Morgan fingerprint density at radius 3 is 2.64 bits per heavy atom. The van der Waals surface area contributed by atoms with Gasteiger partial charge in [-0.15, -0.1) is 0 Å². The van der Waals surface area contributed by atoms with Crippen LogP contribution in [0.5, 0.6) is 11.8 Å². The van der Waals surface area contributed by atoms with E-state index in [-0.39, 0.29) is 59.6 Å². The van der Waals surface area contributed by atoms with E-state index in [1.165, 1.54) is 42.3 Å². The van der Waals surface area contributed by atoms with Crippen LogP contribution >= 0.6 is 0 Å². The number of aromatic nitrogens is 4. The lowest BCUT2D eigenvalue weighted by Gasteiger charge is -2.28. The van der Waals surface area contributed by atoms with Crippen molar-refractivity contribution in [3.63, 3.8) is 0 Å². The Balaban J connectivity index is 1.29. The van der Waals surface area contributed by atoms with Gasteiger partial charge in [-0.2, -0.15) is 10.2 Å². The molecule has 6 rings (SSSR count). The molecule has 0 bridgehead atoms. The van der Waals surface area contributed by atoms with Gasteiger partial charge in [0.25, 0.3) is 5.56 Å². The molecule has 0 spiro atoms. The van der Waals surface area contributed by atoms with Crippen LogP contribution in [0.25, 0.3) is 22.2 Å². The largest absolute Gasteiger partial charge is 0.496 e. The van der Waals surface area contributed by atoms with Crippen molar-refractivity contribution >= 4 is 16.9 Å². The number of carboxylic acids is 1. The third-order valence-electron chi connectivity index (χ3n) is 7.59. The summed E-state index contributed by atoms with van der Waals surface area (Å²) >= 11 is 0. The van der Waals surface area contributed by atoms with Gasteiger partial charge in [0.2, 0.25) is 0 Å². The molecule has 0 aliphatic carbocycles. The Morgan fingerprint density at radius 2 is 1.93 bits per heavy atom. The molecule has 1 aliphatic rings. The van der Waals surface area contributed by atoms with Gasteiger partial charge in [-0.25, -0.2) is 23.2 Å². The lowest BCUT2D eigenvalue weighted by Crippen LogP contribution is -2.35. The van der Waals surface area contributed by atoms with Gasteiger partial charge in [-0.3, -0.25) is 9.48 Å². The molecule has 13 heteroatoms.